The molecule has 0 aliphatic heterocycles. The van der Waals surface area contributed by atoms with E-state index in [0.29, 0.717) is 17.6 Å². The zero-order valence-corrected chi connectivity index (χ0v) is 23.7. The molecule has 7 heteroatoms. The maximum atomic E-state index is 6.79. The first-order valence-electron chi connectivity index (χ1n) is 11.2. The first kappa shape index (κ1) is 27.5. The third-order valence-corrected chi connectivity index (χ3v) is 11.4. The highest BCUT2D eigenvalue weighted by atomic mass is 32.2. The Bertz CT molecular complexity index is 781. The van der Waals surface area contributed by atoms with Crippen LogP contribution >= 0.6 is 24.0 Å². The molecule has 1 aromatic rings. The third-order valence-electron chi connectivity index (χ3n) is 5.86. The molecule has 0 fully saturated rings. The minimum atomic E-state index is -2.05. The van der Waals surface area contributed by atoms with Crippen LogP contribution in [0.2, 0.25) is 18.1 Å². The van der Waals surface area contributed by atoms with Crippen LogP contribution in [0.3, 0.4) is 0 Å². The van der Waals surface area contributed by atoms with Gasteiger partial charge in [-0.2, -0.15) is 0 Å². The third kappa shape index (κ3) is 7.96. The van der Waals surface area contributed by atoms with Gasteiger partial charge in [-0.1, -0.05) is 62.9 Å². The summed E-state index contributed by atoms with van der Waals surface area (Å²) in [4.78, 5) is 0. The second kappa shape index (κ2) is 11.1. The minimum absolute atomic E-state index is 0.0817. The predicted octanol–water partition coefficient (Wildman–Crippen LogP) is 6.75. The largest absolute Gasteiger partial charge is 0.469 e. The average molecular weight is 497 g/mol. The second-order valence-electron chi connectivity index (χ2n) is 10.8. The monoisotopic (exact) mass is 496 g/mol. The maximum Gasteiger partial charge on any atom is 0.220 e. The molecular weight excluding hydrogens is 456 g/mol. The van der Waals surface area contributed by atoms with Gasteiger partial charge in [0.2, 0.25) is 4.38 Å². The van der Waals surface area contributed by atoms with Crippen molar-refractivity contribution < 1.29 is 18.6 Å². The van der Waals surface area contributed by atoms with E-state index in [1.165, 1.54) is 11.8 Å². The zero-order valence-electron chi connectivity index (χ0n) is 21.1. The van der Waals surface area contributed by atoms with E-state index in [1.54, 1.807) is 0 Å². The summed E-state index contributed by atoms with van der Waals surface area (Å²) < 4.78 is 26.1. The highest BCUT2D eigenvalue weighted by Gasteiger charge is 2.47. The average Bonchev–Trinajstić information content (AvgIpc) is 2.96. The number of thioether (sulfide) groups is 1. The van der Waals surface area contributed by atoms with Gasteiger partial charge in [0, 0.05) is 0 Å². The summed E-state index contributed by atoms with van der Waals surface area (Å²) in [6.45, 7) is 18.4. The molecule has 0 saturated carbocycles. The Hall–Kier alpha value is -0.703. The molecule has 0 radical (unpaired) electrons. The maximum absolute atomic E-state index is 6.79. The zero-order chi connectivity index (χ0) is 24.2. The molecule has 180 valence electrons. The Morgan fingerprint density at radius 2 is 1.66 bits per heavy atom. The Morgan fingerprint density at radius 1 is 1.03 bits per heavy atom. The van der Waals surface area contributed by atoms with Crippen molar-refractivity contribution in [3.8, 4) is 0 Å². The molecule has 1 aliphatic rings. The van der Waals surface area contributed by atoms with Crippen molar-refractivity contribution in [3.05, 3.63) is 47.5 Å². The Labute approximate surface area is 205 Å². The molecule has 0 spiro atoms. The number of ether oxygens (including phenoxy) is 3. The number of hydrogen-bond donors (Lipinski definition) is 0. The molecule has 0 heterocycles. The fraction of sp³-hybridized carbons (Fsp3) is 0.640. The smallest absolute Gasteiger partial charge is 0.220 e. The summed E-state index contributed by atoms with van der Waals surface area (Å²) in [7, 11) is -2.05. The predicted molar refractivity (Wildman–Crippen MR) is 142 cm³/mol. The second-order valence-corrected chi connectivity index (χ2v) is 16.9. The van der Waals surface area contributed by atoms with Gasteiger partial charge in [0.05, 0.1) is 18.8 Å². The molecule has 1 aromatic carbocycles. The van der Waals surface area contributed by atoms with E-state index in [2.05, 4.69) is 72.8 Å². The fourth-order valence-electron chi connectivity index (χ4n) is 3.20. The number of hydrogen-bond acceptors (Lipinski definition) is 6. The highest BCUT2D eigenvalue weighted by molar-refractivity contribution is 8.22. The van der Waals surface area contributed by atoms with Crippen LogP contribution in [0.25, 0.3) is 0 Å². The molecule has 3 atom stereocenters. The molecule has 0 unspecified atom stereocenters. The molecule has 0 bridgehead atoms. The van der Waals surface area contributed by atoms with Gasteiger partial charge >= 0.3 is 0 Å². The lowest BCUT2D eigenvalue weighted by molar-refractivity contribution is -0.101. The van der Waals surface area contributed by atoms with Crippen LogP contribution in [-0.2, 0) is 25.2 Å². The van der Waals surface area contributed by atoms with Crippen molar-refractivity contribution in [2.75, 3.05) is 12.9 Å². The molecule has 1 aliphatic carbocycles. The number of benzene rings is 1. The van der Waals surface area contributed by atoms with Gasteiger partial charge < -0.3 is 18.6 Å². The standard InChI is InChI=1S/C25H40O4S2Si/c1-24(2,3)28-21-19(17-26-16-18-13-11-10-12-14-18)15-20(22(21)27-23(30)31-7)29-32(8,9)25(4,5)6/h10-15,20-22H,16-17H2,1-9H3/t20-,21+,22-/m0/s1. The van der Waals surface area contributed by atoms with Crippen molar-refractivity contribution in [1.29, 1.82) is 0 Å². The lowest BCUT2D eigenvalue weighted by Crippen LogP contribution is -2.49. The van der Waals surface area contributed by atoms with Crippen LogP contribution in [-0.4, -0.2) is 49.5 Å². The van der Waals surface area contributed by atoms with E-state index in [4.69, 9.17) is 30.9 Å². The summed E-state index contributed by atoms with van der Waals surface area (Å²) in [6, 6.07) is 10.2. The molecule has 4 nitrogen and oxygen atoms in total. The molecular formula is C25H40O4S2Si. The van der Waals surface area contributed by atoms with E-state index < -0.39 is 8.32 Å². The van der Waals surface area contributed by atoms with E-state index in [0.717, 1.165) is 11.1 Å². The highest BCUT2D eigenvalue weighted by Crippen LogP contribution is 2.41. The molecule has 0 aromatic heterocycles. The molecule has 32 heavy (non-hydrogen) atoms. The minimum Gasteiger partial charge on any atom is -0.469 e. The van der Waals surface area contributed by atoms with Crippen molar-refractivity contribution in [2.24, 2.45) is 0 Å². The van der Waals surface area contributed by atoms with Gasteiger partial charge in [0.1, 0.15) is 12.2 Å². The van der Waals surface area contributed by atoms with E-state index >= 15 is 0 Å². The summed E-state index contributed by atoms with van der Waals surface area (Å²) in [5.74, 6) is 0. The lowest BCUT2D eigenvalue weighted by Gasteiger charge is -2.40. The summed E-state index contributed by atoms with van der Waals surface area (Å²) >= 11 is 6.86. The number of thiocarbonyl (C=S) groups is 1. The molecule has 0 saturated heterocycles. The Kier molecular flexibility index (Phi) is 9.59. The Balaban J connectivity index is 2.28. The van der Waals surface area contributed by atoms with Crippen LogP contribution in [0.15, 0.2) is 42.0 Å². The van der Waals surface area contributed by atoms with Gasteiger partial charge in [-0.25, -0.2) is 0 Å². The summed E-state index contributed by atoms with van der Waals surface area (Å²) in [5, 5.41) is 0.0817. The van der Waals surface area contributed by atoms with E-state index in [9.17, 15) is 0 Å². The fourth-order valence-corrected chi connectivity index (χ4v) is 4.76. The normalized spacial score (nSPS) is 22.0. The van der Waals surface area contributed by atoms with Gasteiger partial charge in [-0.3, -0.25) is 0 Å². The molecule has 0 N–H and O–H groups in total. The summed E-state index contributed by atoms with van der Waals surface area (Å²) in [6.07, 6.45) is 3.22. The van der Waals surface area contributed by atoms with Crippen LogP contribution in [0.1, 0.15) is 47.1 Å². The van der Waals surface area contributed by atoms with Gasteiger partial charge in [-0.15, -0.1) is 0 Å². The van der Waals surface area contributed by atoms with Crippen molar-refractivity contribution >= 4 is 36.7 Å². The lowest BCUT2D eigenvalue weighted by atomic mass is 10.1. The van der Waals surface area contributed by atoms with Crippen LogP contribution in [0, 0.1) is 0 Å². The number of rotatable bonds is 8. The quantitative estimate of drug-likeness (QED) is 0.225. The van der Waals surface area contributed by atoms with Crippen LogP contribution in [0.4, 0.5) is 0 Å². The van der Waals surface area contributed by atoms with E-state index in [-0.39, 0.29) is 29.0 Å². The Morgan fingerprint density at radius 3 is 2.19 bits per heavy atom. The van der Waals surface area contributed by atoms with Gasteiger partial charge in [0.15, 0.2) is 14.4 Å². The van der Waals surface area contributed by atoms with Crippen LogP contribution < -0.4 is 0 Å². The first-order valence-corrected chi connectivity index (χ1v) is 15.7. The summed E-state index contributed by atoms with van der Waals surface area (Å²) in [5.41, 5.74) is 1.84. The van der Waals surface area contributed by atoms with Gasteiger partial charge in [-0.05, 0) is 74.6 Å². The van der Waals surface area contributed by atoms with E-state index in [1.807, 2.05) is 24.5 Å². The first-order chi connectivity index (χ1) is 14.7. The topological polar surface area (TPSA) is 36.9 Å². The van der Waals surface area contributed by atoms with Crippen LogP contribution in [0.5, 0.6) is 0 Å². The molecule has 2 rings (SSSR count). The van der Waals surface area contributed by atoms with Crippen molar-refractivity contribution in [2.45, 2.75) is 90.2 Å². The van der Waals surface area contributed by atoms with Crippen molar-refractivity contribution in [3.63, 3.8) is 0 Å². The van der Waals surface area contributed by atoms with Gasteiger partial charge in [0.25, 0.3) is 0 Å². The molecule has 0 amide bonds. The SMILES string of the molecule is CSC(=S)O[C@H]1[C@@H](O[Si](C)(C)C(C)(C)C)C=C(COCc2ccccc2)[C@H]1OC(C)(C)C. The van der Waals surface area contributed by atoms with Crippen molar-refractivity contribution in [1.82, 2.24) is 0 Å².